The molecule has 0 aromatic heterocycles. The summed E-state index contributed by atoms with van der Waals surface area (Å²) in [5.74, 6) is 0.927. The number of halogens is 1. The molecule has 6 nitrogen and oxygen atoms in total. The van der Waals surface area contributed by atoms with Crippen molar-refractivity contribution in [3.8, 4) is 11.5 Å². The minimum Gasteiger partial charge on any atom is -0.493 e. The lowest BCUT2D eigenvalue weighted by atomic mass is 10.2. The number of hydrogen-bond acceptors (Lipinski definition) is 4. The second kappa shape index (κ2) is 8.05. The van der Waals surface area contributed by atoms with Crippen LogP contribution in [0.5, 0.6) is 11.5 Å². The van der Waals surface area contributed by atoms with Gasteiger partial charge in [0.15, 0.2) is 11.5 Å². The van der Waals surface area contributed by atoms with E-state index in [1.54, 1.807) is 24.3 Å². The Balaban J connectivity index is 2.00. The topological polar surface area (TPSA) is 72.0 Å². The molecule has 2 amide bonds. The number of para-hydroxylation sites is 1. The summed E-state index contributed by atoms with van der Waals surface area (Å²) in [6.45, 7) is 0. The number of nitrogens with zero attached hydrogens (tertiary/aromatic N) is 1. The summed E-state index contributed by atoms with van der Waals surface area (Å²) < 4.78 is 10.3. The standard InChI is InChI=1S/C16H16ClN3O3/c1-22-14-9-11(8-13(17)15(14)23-2)10-18-20-16(21)19-12-6-4-3-5-7-12/h3-10H,1-2H3,(H2,19,20,21)/b18-10-. The van der Waals surface area contributed by atoms with Gasteiger partial charge in [-0.05, 0) is 29.8 Å². The second-order valence-electron chi connectivity index (χ2n) is 4.43. The number of amides is 2. The maximum atomic E-state index is 11.7. The number of rotatable bonds is 5. The third-order valence-corrected chi connectivity index (χ3v) is 3.15. The molecule has 0 aliphatic heterocycles. The van der Waals surface area contributed by atoms with Crippen LogP contribution in [0.1, 0.15) is 5.56 Å². The number of urea groups is 1. The van der Waals surface area contributed by atoms with Crippen LogP contribution in [-0.2, 0) is 0 Å². The highest BCUT2D eigenvalue weighted by Gasteiger charge is 2.10. The Morgan fingerprint density at radius 2 is 1.91 bits per heavy atom. The molecule has 0 aliphatic rings. The van der Waals surface area contributed by atoms with Crippen LogP contribution in [0.3, 0.4) is 0 Å². The highest BCUT2D eigenvalue weighted by atomic mass is 35.5. The van der Waals surface area contributed by atoms with Crippen LogP contribution in [-0.4, -0.2) is 26.5 Å². The van der Waals surface area contributed by atoms with Gasteiger partial charge in [-0.15, -0.1) is 0 Å². The molecule has 0 fully saturated rings. The third kappa shape index (κ3) is 4.62. The van der Waals surface area contributed by atoms with Gasteiger partial charge in [0.25, 0.3) is 0 Å². The minimum atomic E-state index is -0.445. The first-order valence-electron chi connectivity index (χ1n) is 6.70. The van der Waals surface area contributed by atoms with Crippen molar-refractivity contribution in [3.05, 3.63) is 53.1 Å². The zero-order valence-electron chi connectivity index (χ0n) is 12.7. The van der Waals surface area contributed by atoms with Crippen molar-refractivity contribution in [1.29, 1.82) is 0 Å². The Bertz CT molecular complexity index is 705. The van der Waals surface area contributed by atoms with Gasteiger partial charge in [-0.1, -0.05) is 29.8 Å². The number of hydrogen-bond donors (Lipinski definition) is 2. The Kier molecular flexibility index (Phi) is 5.82. The molecular formula is C16H16ClN3O3. The van der Waals surface area contributed by atoms with E-state index in [2.05, 4.69) is 15.8 Å². The zero-order valence-corrected chi connectivity index (χ0v) is 13.4. The molecule has 0 heterocycles. The average Bonchev–Trinajstić information content (AvgIpc) is 2.55. The van der Waals surface area contributed by atoms with Crippen LogP contribution in [0.2, 0.25) is 5.02 Å². The van der Waals surface area contributed by atoms with Crippen molar-refractivity contribution >= 4 is 29.5 Å². The molecule has 0 atom stereocenters. The molecule has 0 radical (unpaired) electrons. The minimum absolute atomic E-state index is 0.391. The Labute approximate surface area is 139 Å². The molecule has 0 saturated heterocycles. The van der Waals surface area contributed by atoms with Gasteiger partial charge < -0.3 is 14.8 Å². The number of anilines is 1. The molecule has 23 heavy (non-hydrogen) atoms. The summed E-state index contributed by atoms with van der Waals surface area (Å²) in [7, 11) is 3.02. The first-order valence-corrected chi connectivity index (χ1v) is 7.08. The van der Waals surface area contributed by atoms with E-state index in [4.69, 9.17) is 21.1 Å². The van der Waals surface area contributed by atoms with Gasteiger partial charge in [-0.3, -0.25) is 0 Å². The SMILES string of the molecule is COc1cc(/C=N\NC(=O)Nc2ccccc2)cc(Cl)c1OC. The molecule has 0 bridgehead atoms. The molecule has 7 heteroatoms. The lowest BCUT2D eigenvalue weighted by Crippen LogP contribution is -2.24. The largest absolute Gasteiger partial charge is 0.493 e. The third-order valence-electron chi connectivity index (χ3n) is 2.87. The fraction of sp³-hybridized carbons (Fsp3) is 0.125. The lowest BCUT2D eigenvalue weighted by molar-refractivity contribution is 0.252. The molecule has 0 aliphatic carbocycles. The average molecular weight is 334 g/mol. The van der Waals surface area contributed by atoms with Crippen molar-refractivity contribution in [2.24, 2.45) is 5.10 Å². The zero-order chi connectivity index (χ0) is 16.7. The molecule has 0 unspecified atom stereocenters. The Hall–Kier alpha value is -2.73. The van der Waals surface area contributed by atoms with Gasteiger partial charge in [0, 0.05) is 5.69 Å². The monoisotopic (exact) mass is 333 g/mol. The van der Waals surface area contributed by atoms with Crippen molar-refractivity contribution in [2.45, 2.75) is 0 Å². The summed E-state index contributed by atoms with van der Waals surface area (Å²) in [6.07, 6.45) is 1.46. The predicted molar refractivity (Wildman–Crippen MR) is 90.7 cm³/mol. The van der Waals surface area contributed by atoms with E-state index in [1.807, 2.05) is 18.2 Å². The van der Waals surface area contributed by atoms with Crippen LogP contribution in [0, 0.1) is 0 Å². The van der Waals surface area contributed by atoms with Crippen molar-refractivity contribution < 1.29 is 14.3 Å². The van der Waals surface area contributed by atoms with Crippen molar-refractivity contribution in [3.63, 3.8) is 0 Å². The van der Waals surface area contributed by atoms with Crippen LogP contribution in [0.15, 0.2) is 47.6 Å². The van der Waals surface area contributed by atoms with Crippen LogP contribution >= 0.6 is 11.6 Å². The van der Waals surface area contributed by atoms with E-state index in [9.17, 15) is 4.79 Å². The number of carbonyl (C=O) groups excluding carboxylic acids is 1. The van der Waals surface area contributed by atoms with Gasteiger partial charge >= 0.3 is 6.03 Å². The maximum absolute atomic E-state index is 11.7. The highest BCUT2D eigenvalue weighted by Crippen LogP contribution is 2.35. The van der Waals surface area contributed by atoms with Crippen LogP contribution in [0.4, 0.5) is 10.5 Å². The van der Waals surface area contributed by atoms with E-state index in [-0.39, 0.29) is 0 Å². The Morgan fingerprint density at radius 1 is 1.17 bits per heavy atom. The van der Waals surface area contributed by atoms with Gasteiger partial charge in [-0.25, -0.2) is 10.2 Å². The van der Waals surface area contributed by atoms with Gasteiger partial charge in [-0.2, -0.15) is 5.10 Å². The Morgan fingerprint density at radius 3 is 2.57 bits per heavy atom. The number of hydrazone groups is 1. The molecule has 0 saturated carbocycles. The number of ether oxygens (including phenoxy) is 2. The van der Waals surface area contributed by atoms with Gasteiger partial charge in [0.05, 0.1) is 25.5 Å². The molecule has 120 valence electrons. The second-order valence-corrected chi connectivity index (χ2v) is 4.84. The normalized spacial score (nSPS) is 10.4. The van der Waals surface area contributed by atoms with E-state index >= 15 is 0 Å². The predicted octanol–water partition coefficient (Wildman–Crippen LogP) is 3.51. The molecule has 0 spiro atoms. The molecular weight excluding hydrogens is 318 g/mol. The summed E-state index contributed by atoms with van der Waals surface area (Å²) >= 11 is 6.10. The smallest absolute Gasteiger partial charge is 0.339 e. The van der Waals surface area contributed by atoms with Gasteiger partial charge in [0.2, 0.25) is 0 Å². The molecule has 2 aromatic carbocycles. The molecule has 2 rings (SSSR count). The number of carbonyl (C=O) groups is 1. The van der Waals surface area contributed by atoms with Crippen LogP contribution in [0.25, 0.3) is 0 Å². The summed E-state index contributed by atoms with van der Waals surface area (Å²) in [6, 6.07) is 12.0. The summed E-state index contributed by atoms with van der Waals surface area (Å²) in [4.78, 5) is 11.7. The number of benzene rings is 2. The first kappa shape index (κ1) is 16.6. The lowest BCUT2D eigenvalue weighted by Gasteiger charge is -2.10. The van der Waals surface area contributed by atoms with E-state index in [1.165, 1.54) is 20.4 Å². The summed E-state index contributed by atoms with van der Waals surface area (Å²) in [5, 5.41) is 6.90. The maximum Gasteiger partial charge on any atom is 0.339 e. The fourth-order valence-electron chi connectivity index (χ4n) is 1.86. The number of nitrogens with one attached hydrogen (secondary N) is 2. The molecule has 2 aromatic rings. The van der Waals surface area contributed by atoms with Crippen LogP contribution < -0.4 is 20.2 Å². The van der Waals surface area contributed by atoms with Crippen molar-refractivity contribution in [2.75, 3.05) is 19.5 Å². The van der Waals surface area contributed by atoms with Crippen molar-refractivity contribution in [1.82, 2.24) is 5.43 Å². The quantitative estimate of drug-likeness (QED) is 0.649. The molecule has 2 N–H and O–H groups in total. The van der Waals surface area contributed by atoms with E-state index in [0.29, 0.717) is 27.8 Å². The number of methoxy groups -OCH3 is 2. The first-order chi connectivity index (χ1) is 11.1. The highest BCUT2D eigenvalue weighted by molar-refractivity contribution is 6.32. The van der Waals surface area contributed by atoms with E-state index in [0.717, 1.165) is 0 Å². The van der Waals surface area contributed by atoms with E-state index < -0.39 is 6.03 Å². The summed E-state index contributed by atoms with van der Waals surface area (Å²) in [5.41, 5.74) is 3.70. The fourth-order valence-corrected chi connectivity index (χ4v) is 2.15. The van der Waals surface area contributed by atoms with Gasteiger partial charge in [0.1, 0.15) is 0 Å².